The molecule has 1 unspecified atom stereocenters. The highest BCUT2D eigenvalue weighted by Gasteiger charge is 2.13. The predicted molar refractivity (Wildman–Crippen MR) is 60.5 cm³/mol. The van der Waals surface area contributed by atoms with Gasteiger partial charge >= 0.3 is 5.97 Å². The zero-order chi connectivity index (χ0) is 12.3. The molecule has 0 aromatic heterocycles. The molecule has 3 nitrogen and oxygen atoms in total. The zero-order valence-corrected chi connectivity index (χ0v) is 9.94. The fraction of sp³-hybridized carbons (Fsp3) is 0.300. The third-order valence-corrected chi connectivity index (χ3v) is 2.68. The number of carboxylic acid groups (broad SMARTS) is 1. The minimum absolute atomic E-state index is 0.0563. The van der Waals surface area contributed by atoms with Crippen LogP contribution in [0.2, 0.25) is 10.0 Å². The molecule has 1 rings (SSSR count). The highest BCUT2D eigenvalue weighted by Crippen LogP contribution is 2.28. The fourth-order valence-corrected chi connectivity index (χ4v) is 1.77. The van der Waals surface area contributed by atoms with Crippen molar-refractivity contribution in [1.29, 1.82) is 0 Å². The monoisotopic (exact) mass is 265 g/mol. The van der Waals surface area contributed by atoms with Crippen LogP contribution in [0.5, 0.6) is 0 Å². The van der Waals surface area contributed by atoms with Gasteiger partial charge in [0.15, 0.2) is 0 Å². The summed E-state index contributed by atoms with van der Waals surface area (Å²) in [7, 11) is 0. The molecule has 0 spiro atoms. The molecule has 0 fully saturated rings. The lowest BCUT2D eigenvalue weighted by Crippen LogP contribution is -2.25. The minimum Gasteiger partial charge on any atom is -0.480 e. The van der Waals surface area contributed by atoms with E-state index < -0.39 is 11.8 Å². The van der Waals surface area contributed by atoms with Crippen LogP contribution in [0.1, 0.15) is 18.5 Å². The van der Waals surface area contributed by atoms with E-state index in [-0.39, 0.29) is 17.6 Å². The first kappa shape index (κ1) is 13.2. The average molecular weight is 266 g/mol. The number of rotatable bonds is 4. The van der Waals surface area contributed by atoms with Gasteiger partial charge in [0.1, 0.15) is 5.82 Å². The van der Waals surface area contributed by atoms with Crippen molar-refractivity contribution >= 4 is 29.2 Å². The third kappa shape index (κ3) is 3.33. The minimum atomic E-state index is -0.989. The summed E-state index contributed by atoms with van der Waals surface area (Å²) in [5.41, 5.74) is 0.477. The molecule has 88 valence electrons. The maximum Gasteiger partial charge on any atom is 0.317 e. The third-order valence-electron chi connectivity index (χ3n) is 2.07. The molecule has 0 aliphatic rings. The van der Waals surface area contributed by atoms with Gasteiger partial charge in [-0.25, -0.2) is 4.39 Å². The maximum atomic E-state index is 13.2. The molecule has 1 aromatic carbocycles. The predicted octanol–water partition coefficient (Wildman–Crippen LogP) is 2.87. The van der Waals surface area contributed by atoms with E-state index >= 15 is 0 Å². The lowest BCUT2D eigenvalue weighted by atomic mass is 10.1. The van der Waals surface area contributed by atoms with Crippen LogP contribution in [0.4, 0.5) is 4.39 Å². The van der Waals surface area contributed by atoms with E-state index in [1.807, 2.05) is 0 Å². The smallest absolute Gasteiger partial charge is 0.317 e. The van der Waals surface area contributed by atoms with Gasteiger partial charge < -0.3 is 10.4 Å². The van der Waals surface area contributed by atoms with Crippen LogP contribution in [0.25, 0.3) is 0 Å². The molecule has 0 aliphatic carbocycles. The summed E-state index contributed by atoms with van der Waals surface area (Å²) in [6.07, 6.45) is 0. The first-order valence-corrected chi connectivity index (χ1v) is 5.27. The Morgan fingerprint density at radius 2 is 2.12 bits per heavy atom. The number of hydrogen-bond acceptors (Lipinski definition) is 2. The number of carbonyl (C=O) groups is 1. The molecular weight excluding hydrogens is 256 g/mol. The van der Waals surface area contributed by atoms with Crippen molar-refractivity contribution in [2.24, 2.45) is 0 Å². The van der Waals surface area contributed by atoms with Gasteiger partial charge in [0.2, 0.25) is 0 Å². The van der Waals surface area contributed by atoms with E-state index in [0.717, 1.165) is 0 Å². The van der Waals surface area contributed by atoms with Crippen LogP contribution in [-0.2, 0) is 4.79 Å². The van der Waals surface area contributed by atoms with Gasteiger partial charge in [-0.2, -0.15) is 0 Å². The molecule has 0 amide bonds. The Kier molecular flexibility index (Phi) is 4.53. The largest absolute Gasteiger partial charge is 0.480 e. The molecule has 0 saturated carbocycles. The number of hydrogen-bond donors (Lipinski definition) is 2. The van der Waals surface area contributed by atoms with E-state index in [4.69, 9.17) is 28.3 Å². The van der Waals surface area contributed by atoms with Gasteiger partial charge in [-0.3, -0.25) is 4.79 Å². The number of benzene rings is 1. The van der Waals surface area contributed by atoms with Crippen LogP contribution in [0.15, 0.2) is 12.1 Å². The van der Waals surface area contributed by atoms with Crippen molar-refractivity contribution in [3.05, 3.63) is 33.6 Å². The van der Waals surface area contributed by atoms with Crippen LogP contribution in [-0.4, -0.2) is 17.6 Å². The van der Waals surface area contributed by atoms with Gasteiger partial charge in [0.25, 0.3) is 0 Å². The van der Waals surface area contributed by atoms with Crippen LogP contribution in [0, 0.1) is 5.82 Å². The summed E-state index contributed by atoms with van der Waals surface area (Å²) in [5.74, 6) is -1.57. The second-order valence-electron chi connectivity index (χ2n) is 3.28. The van der Waals surface area contributed by atoms with Crippen LogP contribution in [0.3, 0.4) is 0 Å². The normalized spacial score (nSPS) is 12.5. The van der Waals surface area contributed by atoms with Crippen LogP contribution < -0.4 is 5.32 Å². The van der Waals surface area contributed by atoms with Gasteiger partial charge in [0, 0.05) is 11.1 Å². The Morgan fingerprint density at radius 1 is 1.50 bits per heavy atom. The SMILES string of the molecule is CC(NCC(=O)O)c1cc(F)c(Cl)cc1Cl. The van der Waals surface area contributed by atoms with E-state index in [1.165, 1.54) is 12.1 Å². The van der Waals surface area contributed by atoms with Gasteiger partial charge in [-0.05, 0) is 24.6 Å². The van der Waals surface area contributed by atoms with E-state index in [2.05, 4.69) is 5.32 Å². The quantitative estimate of drug-likeness (QED) is 0.824. The molecule has 16 heavy (non-hydrogen) atoms. The Labute approximate surface area is 102 Å². The van der Waals surface area contributed by atoms with Gasteiger partial charge in [-0.1, -0.05) is 23.2 Å². The van der Waals surface area contributed by atoms with Crippen molar-refractivity contribution < 1.29 is 14.3 Å². The Morgan fingerprint density at radius 3 is 2.69 bits per heavy atom. The van der Waals surface area contributed by atoms with Crippen molar-refractivity contribution in [3.8, 4) is 0 Å². The van der Waals surface area contributed by atoms with E-state index in [1.54, 1.807) is 6.92 Å². The van der Waals surface area contributed by atoms with Crippen molar-refractivity contribution in [3.63, 3.8) is 0 Å². The summed E-state index contributed by atoms with van der Waals surface area (Å²) < 4.78 is 13.2. The Balaban J connectivity index is 2.86. The summed E-state index contributed by atoms with van der Waals surface area (Å²) in [4.78, 5) is 10.4. The standard InChI is InChI=1S/C10H10Cl2FNO2/c1-5(14-4-10(15)16)6-2-9(13)8(12)3-7(6)11/h2-3,5,14H,4H2,1H3,(H,15,16). The van der Waals surface area contributed by atoms with Crippen molar-refractivity contribution in [2.45, 2.75) is 13.0 Å². The van der Waals surface area contributed by atoms with Crippen LogP contribution >= 0.6 is 23.2 Å². The number of carboxylic acids is 1. The zero-order valence-electron chi connectivity index (χ0n) is 8.43. The Bertz CT molecular complexity index is 412. The summed E-state index contributed by atoms with van der Waals surface area (Å²) >= 11 is 11.4. The van der Waals surface area contributed by atoms with E-state index in [0.29, 0.717) is 10.6 Å². The molecule has 0 saturated heterocycles. The molecule has 6 heteroatoms. The highest BCUT2D eigenvalue weighted by atomic mass is 35.5. The average Bonchev–Trinajstić information content (AvgIpc) is 2.20. The van der Waals surface area contributed by atoms with Crippen molar-refractivity contribution in [1.82, 2.24) is 5.32 Å². The second kappa shape index (κ2) is 5.48. The van der Waals surface area contributed by atoms with Gasteiger partial charge in [0.05, 0.1) is 11.6 Å². The molecule has 0 aliphatic heterocycles. The molecule has 1 aromatic rings. The summed E-state index contributed by atoms with van der Waals surface area (Å²) in [6, 6.07) is 2.13. The number of halogens is 3. The second-order valence-corrected chi connectivity index (χ2v) is 4.10. The topological polar surface area (TPSA) is 49.3 Å². The first-order chi connectivity index (χ1) is 7.41. The highest BCUT2D eigenvalue weighted by molar-refractivity contribution is 6.35. The first-order valence-electron chi connectivity index (χ1n) is 4.51. The molecule has 0 bridgehead atoms. The summed E-state index contributed by atoms with van der Waals surface area (Å²) in [5, 5.41) is 11.4. The lowest BCUT2D eigenvalue weighted by Gasteiger charge is -2.14. The maximum absolute atomic E-state index is 13.2. The number of nitrogens with one attached hydrogen (secondary N) is 1. The lowest BCUT2D eigenvalue weighted by molar-refractivity contribution is -0.136. The molecule has 0 radical (unpaired) electrons. The van der Waals surface area contributed by atoms with E-state index in [9.17, 15) is 9.18 Å². The van der Waals surface area contributed by atoms with Crippen molar-refractivity contribution in [2.75, 3.05) is 6.54 Å². The summed E-state index contributed by atoms with van der Waals surface area (Å²) in [6.45, 7) is 1.47. The molecule has 1 atom stereocenters. The Hall–Kier alpha value is -0.840. The number of aliphatic carboxylic acids is 1. The fourth-order valence-electron chi connectivity index (χ4n) is 1.22. The van der Waals surface area contributed by atoms with Gasteiger partial charge in [-0.15, -0.1) is 0 Å². The molecule has 2 N–H and O–H groups in total. The molecule has 0 heterocycles. The molecular formula is C10H10Cl2FNO2.